The number of ether oxygens (including phenoxy) is 1. The molecule has 1 unspecified atom stereocenters. The quantitative estimate of drug-likeness (QED) is 0.703. The summed E-state index contributed by atoms with van der Waals surface area (Å²) < 4.78 is 4.73. The Bertz CT molecular complexity index is 264. The molecule has 0 bridgehead atoms. The Balaban J connectivity index is 2.52. The molecule has 1 heterocycles. The summed E-state index contributed by atoms with van der Waals surface area (Å²) in [4.78, 5) is 10.6. The zero-order valence-corrected chi connectivity index (χ0v) is 7.74. The van der Waals surface area contributed by atoms with Crippen molar-refractivity contribution in [2.45, 2.75) is 6.04 Å². The normalized spacial score (nSPS) is 12.4. The molecule has 72 valence electrons. The van der Waals surface area contributed by atoms with Crippen LogP contribution in [0.4, 0.5) is 5.13 Å². The first-order valence-electron chi connectivity index (χ1n) is 3.48. The van der Waals surface area contributed by atoms with Crippen LogP contribution in [-0.4, -0.2) is 41.0 Å². The molecule has 0 aromatic carbocycles. The van der Waals surface area contributed by atoms with Crippen LogP contribution in [0, 0.1) is 0 Å². The number of aromatic nitrogens is 2. The van der Waals surface area contributed by atoms with Crippen molar-refractivity contribution in [1.29, 1.82) is 0 Å². The highest BCUT2D eigenvalue weighted by Gasteiger charge is 2.17. The molecule has 1 rings (SSSR count). The fraction of sp³-hybridized carbons (Fsp3) is 0.500. The highest BCUT2D eigenvalue weighted by atomic mass is 32.1. The zero-order chi connectivity index (χ0) is 9.68. The molecule has 0 saturated carbocycles. The molecule has 7 heteroatoms. The Hall–Kier alpha value is -1.21. The van der Waals surface area contributed by atoms with E-state index >= 15 is 0 Å². The van der Waals surface area contributed by atoms with Gasteiger partial charge in [0.15, 0.2) is 0 Å². The summed E-state index contributed by atoms with van der Waals surface area (Å²) in [6.07, 6.45) is 0. The van der Waals surface area contributed by atoms with Gasteiger partial charge in [-0.2, -0.15) is 0 Å². The predicted molar refractivity (Wildman–Crippen MR) is 46.8 cm³/mol. The van der Waals surface area contributed by atoms with Crippen LogP contribution in [0.15, 0.2) is 5.51 Å². The topological polar surface area (TPSA) is 84.3 Å². The van der Waals surface area contributed by atoms with E-state index in [4.69, 9.17) is 9.84 Å². The molecular weight excluding hydrogens is 194 g/mol. The largest absolute Gasteiger partial charge is 0.480 e. The first-order chi connectivity index (χ1) is 6.24. The average Bonchev–Trinajstić information content (AvgIpc) is 2.56. The summed E-state index contributed by atoms with van der Waals surface area (Å²) in [5.41, 5.74) is 1.52. The average molecular weight is 203 g/mol. The van der Waals surface area contributed by atoms with Gasteiger partial charge < -0.3 is 15.2 Å². The summed E-state index contributed by atoms with van der Waals surface area (Å²) >= 11 is 1.24. The number of carboxylic acid groups (broad SMARTS) is 1. The molecule has 6 nitrogen and oxygen atoms in total. The number of rotatable bonds is 5. The lowest BCUT2D eigenvalue weighted by Gasteiger charge is -2.11. The maximum Gasteiger partial charge on any atom is 0.328 e. The molecule has 0 radical (unpaired) electrons. The Morgan fingerprint density at radius 2 is 2.69 bits per heavy atom. The van der Waals surface area contributed by atoms with Crippen molar-refractivity contribution in [3.8, 4) is 0 Å². The summed E-state index contributed by atoms with van der Waals surface area (Å²) in [5.74, 6) is -0.975. The Kier molecular flexibility index (Phi) is 3.59. The molecule has 0 fully saturated rings. The minimum absolute atomic E-state index is 0.0922. The molecule has 1 aromatic heterocycles. The van der Waals surface area contributed by atoms with Crippen molar-refractivity contribution < 1.29 is 14.6 Å². The van der Waals surface area contributed by atoms with Crippen LogP contribution in [0.1, 0.15) is 0 Å². The second-order valence-electron chi connectivity index (χ2n) is 2.23. The monoisotopic (exact) mass is 203 g/mol. The van der Waals surface area contributed by atoms with Gasteiger partial charge in [-0.25, -0.2) is 4.79 Å². The molecule has 1 aromatic rings. The number of nitrogens with zero attached hydrogens (tertiary/aromatic N) is 2. The predicted octanol–water partition coefficient (Wildman–Crippen LogP) is 0.0496. The fourth-order valence-corrected chi connectivity index (χ4v) is 1.23. The third-order valence-electron chi connectivity index (χ3n) is 1.29. The number of carbonyl (C=O) groups is 1. The molecule has 0 aliphatic heterocycles. The summed E-state index contributed by atoms with van der Waals surface area (Å²) in [6.45, 7) is 0.0922. The van der Waals surface area contributed by atoms with Gasteiger partial charge in [0.25, 0.3) is 0 Å². The van der Waals surface area contributed by atoms with E-state index in [9.17, 15) is 4.79 Å². The lowest BCUT2D eigenvalue weighted by atomic mass is 10.3. The molecule has 1 atom stereocenters. The minimum Gasteiger partial charge on any atom is -0.480 e. The second-order valence-corrected chi connectivity index (χ2v) is 3.07. The first-order valence-corrected chi connectivity index (χ1v) is 4.36. The van der Waals surface area contributed by atoms with Crippen molar-refractivity contribution in [3.05, 3.63) is 5.51 Å². The van der Waals surface area contributed by atoms with Crippen molar-refractivity contribution in [2.24, 2.45) is 0 Å². The van der Waals surface area contributed by atoms with Gasteiger partial charge >= 0.3 is 5.97 Å². The Morgan fingerprint density at radius 3 is 3.15 bits per heavy atom. The Labute approximate surface area is 78.6 Å². The zero-order valence-electron chi connectivity index (χ0n) is 6.93. The lowest BCUT2D eigenvalue weighted by Crippen LogP contribution is -2.33. The van der Waals surface area contributed by atoms with Crippen LogP contribution in [-0.2, 0) is 9.53 Å². The van der Waals surface area contributed by atoms with Gasteiger partial charge in [-0.15, -0.1) is 10.2 Å². The van der Waals surface area contributed by atoms with Crippen LogP contribution >= 0.6 is 11.3 Å². The smallest absolute Gasteiger partial charge is 0.328 e. The van der Waals surface area contributed by atoms with Crippen molar-refractivity contribution in [2.75, 3.05) is 19.0 Å². The van der Waals surface area contributed by atoms with Gasteiger partial charge in [0, 0.05) is 7.11 Å². The van der Waals surface area contributed by atoms with E-state index in [2.05, 4.69) is 15.5 Å². The molecule has 0 saturated heterocycles. The first kappa shape index (κ1) is 9.87. The van der Waals surface area contributed by atoms with Gasteiger partial charge in [0.1, 0.15) is 11.6 Å². The lowest BCUT2D eigenvalue weighted by molar-refractivity contribution is -0.139. The second kappa shape index (κ2) is 4.73. The SMILES string of the molecule is COCC(Nc1nncs1)C(=O)O. The van der Waals surface area contributed by atoms with Gasteiger partial charge in [0.2, 0.25) is 5.13 Å². The third-order valence-corrected chi connectivity index (χ3v) is 1.91. The number of hydrogen-bond donors (Lipinski definition) is 2. The highest BCUT2D eigenvalue weighted by molar-refractivity contribution is 7.13. The summed E-state index contributed by atoms with van der Waals surface area (Å²) in [5, 5.41) is 19.1. The summed E-state index contributed by atoms with van der Waals surface area (Å²) in [6, 6.07) is -0.780. The molecule has 13 heavy (non-hydrogen) atoms. The molecular formula is C6H9N3O3S. The standard InChI is InChI=1S/C6H9N3O3S/c1-12-2-4(5(10)11)8-6-9-7-3-13-6/h3-4H,2H2,1H3,(H,8,9)(H,10,11). The van der Waals surface area contributed by atoms with Crippen molar-refractivity contribution >= 4 is 22.4 Å². The van der Waals surface area contributed by atoms with E-state index in [0.29, 0.717) is 5.13 Å². The van der Waals surface area contributed by atoms with E-state index in [0.717, 1.165) is 0 Å². The van der Waals surface area contributed by atoms with Gasteiger partial charge in [-0.05, 0) is 0 Å². The number of carboxylic acids is 1. The van der Waals surface area contributed by atoms with Gasteiger partial charge in [-0.1, -0.05) is 11.3 Å². The van der Waals surface area contributed by atoms with Crippen molar-refractivity contribution in [3.63, 3.8) is 0 Å². The van der Waals surface area contributed by atoms with E-state index in [1.165, 1.54) is 24.0 Å². The molecule has 0 aliphatic carbocycles. The highest BCUT2D eigenvalue weighted by Crippen LogP contribution is 2.09. The van der Waals surface area contributed by atoms with Crippen LogP contribution < -0.4 is 5.32 Å². The van der Waals surface area contributed by atoms with E-state index < -0.39 is 12.0 Å². The number of methoxy groups -OCH3 is 1. The summed E-state index contributed by atoms with van der Waals surface area (Å²) in [7, 11) is 1.44. The number of anilines is 1. The maximum absolute atomic E-state index is 10.6. The van der Waals surface area contributed by atoms with Gasteiger partial charge in [0.05, 0.1) is 6.61 Å². The molecule has 0 amide bonds. The van der Waals surface area contributed by atoms with Gasteiger partial charge in [-0.3, -0.25) is 0 Å². The van der Waals surface area contributed by atoms with E-state index in [-0.39, 0.29) is 6.61 Å². The molecule has 0 aliphatic rings. The fourth-order valence-electron chi connectivity index (χ4n) is 0.726. The number of aliphatic carboxylic acids is 1. The van der Waals surface area contributed by atoms with E-state index in [1.54, 1.807) is 0 Å². The van der Waals surface area contributed by atoms with E-state index in [1.807, 2.05) is 0 Å². The third kappa shape index (κ3) is 2.96. The van der Waals surface area contributed by atoms with Crippen LogP contribution in [0.3, 0.4) is 0 Å². The number of nitrogens with one attached hydrogen (secondary N) is 1. The maximum atomic E-state index is 10.6. The molecule has 2 N–H and O–H groups in total. The van der Waals surface area contributed by atoms with Crippen LogP contribution in [0.25, 0.3) is 0 Å². The van der Waals surface area contributed by atoms with Crippen LogP contribution in [0.2, 0.25) is 0 Å². The number of hydrogen-bond acceptors (Lipinski definition) is 6. The molecule has 0 spiro atoms. The Morgan fingerprint density at radius 1 is 1.92 bits per heavy atom. The van der Waals surface area contributed by atoms with Crippen molar-refractivity contribution in [1.82, 2.24) is 10.2 Å². The van der Waals surface area contributed by atoms with Crippen LogP contribution in [0.5, 0.6) is 0 Å². The minimum atomic E-state index is -0.975.